The number of ether oxygens (including phenoxy) is 1. The summed E-state index contributed by atoms with van der Waals surface area (Å²) in [4.78, 5) is 25.4. The molecular weight excluding hydrogens is 319 g/mol. The van der Waals surface area contributed by atoms with Crippen LogP contribution in [0, 0.1) is 5.82 Å². The van der Waals surface area contributed by atoms with Crippen molar-refractivity contribution in [3.8, 4) is 5.75 Å². The van der Waals surface area contributed by atoms with Crippen molar-refractivity contribution in [2.75, 3.05) is 24.6 Å². The normalized spacial score (nSPS) is 20.0. The number of aromatic nitrogens is 1. The zero-order valence-corrected chi connectivity index (χ0v) is 12.8. The Morgan fingerprint density at radius 3 is 2.75 bits per heavy atom. The topological polar surface area (TPSA) is 92.0 Å². The molecule has 126 valence electrons. The third kappa shape index (κ3) is 1.92. The fourth-order valence-corrected chi connectivity index (χ4v) is 3.30. The number of benzene rings is 1. The molecule has 24 heavy (non-hydrogen) atoms. The predicted molar refractivity (Wildman–Crippen MR) is 83.6 cm³/mol. The molecule has 7 nitrogen and oxygen atoms in total. The first-order valence-corrected chi connectivity index (χ1v) is 7.59. The van der Waals surface area contributed by atoms with E-state index < -0.39 is 28.9 Å². The van der Waals surface area contributed by atoms with Gasteiger partial charge in [-0.1, -0.05) is 0 Å². The first-order valence-electron chi connectivity index (χ1n) is 7.59. The van der Waals surface area contributed by atoms with Crippen LogP contribution in [0.15, 0.2) is 17.1 Å². The van der Waals surface area contributed by atoms with Gasteiger partial charge in [-0.3, -0.25) is 4.79 Å². The molecule has 0 amide bonds. The number of pyridine rings is 1. The Labute approximate surface area is 135 Å². The quantitative estimate of drug-likeness (QED) is 0.850. The second-order valence-corrected chi connectivity index (χ2v) is 6.24. The summed E-state index contributed by atoms with van der Waals surface area (Å²) in [6.45, 7) is 2.63. The summed E-state index contributed by atoms with van der Waals surface area (Å²) in [5, 5.41) is 18.7. The van der Waals surface area contributed by atoms with E-state index in [0.717, 1.165) is 6.07 Å². The minimum atomic E-state index is -1.35. The molecule has 0 radical (unpaired) electrons. The lowest BCUT2D eigenvalue weighted by Crippen LogP contribution is -2.51. The van der Waals surface area contributed by atoms with Crippen LogP contribution in [0.4, 0.5) is 10.1 Å². The molecule has 3 heterocycles. The number of carboxylic acid groups (broad SMARTS) is 1. The highest BCUT2D eigenvalue weighted by atomic mass is 19.1. The average Bonchev–Trinajstić information content (AvgIpc) is 2.49. The van der Waals surface area contributed by atoms with Crippen molar-refractivity contribution in [1.82, 2.24) is 4.57 Å². The molecule has 8 heteroatoms. The van der Waals surface area contributed by atoms with Gasteiger partial charge in [0.25, 0.3) is 0 Å². The molecule has 0 saturated carbocycles. The highest BCUT2D eigenvalue weighted by Crippen LogP contribution is 2.43. The van der Waals surface area contributed by atoms with Gasteiger partial charge in [-0.05, 0) is 13.0 Å². The van der Waals surface area contributed by atoms with Crippen molar-refractivity contribution in [2.45, 2.75) is 19.1 Å². The average molecular weight is 334 g/mol. The van der Waals surface area contributed by atoms with Gasteiger partial charge >= 0.3 is 5.97 Å². The standard InChI is InChI=1S/C16H15FN2O5/c1-7-6-24-15-12-9(14(21)10(16(22)23)5-19(7)12)2-11(17)13(15)18-3-8(20)4-18/h2,5,7-8,20H,3-4,6H2,1H3,(H,22,23)/t7-/m0/s1. The number of rotatable bonds is 2. The van der Waals surface area contributed by atoms with Gasteiger partial charge in [0.05, 0.1) is 23.0 Å². The van der Waals surface area contributed by atoms with Crippen molar-refractivity contribution in [2.24, 2.45) is 0 Å². The lowest BCUT2D eigenvalue weighted by molar-refractivity contribution is 0.0694. The van der Waals surface area contributed by atoms with Gasteiger partial charge in [0.15, 0.2) is 11.6 Å². The van der Waals surface area contributed by atoms with Crippen molar-refractivity contribution >= 4 is 22.6 Å². The SMILES string of the molecule is C[C@H]1COc2c(N3CC(O)C3)c(F)cc3c(=O)c(C(=O)O)cn1c23. The van der Waals surface area contributed by atoms with E-state index in [2.05, 4.69) is 0 Å². The number of aliphatic hydroxyl groups excluding tert-OH is 1. The smallest absolute Gasteiger partial charge is 0.341 e. The van der Waals surface area contributed by atoms with Crippen LogP contribution in [0.25, 0.3) is 10.9 Å². The van der Waals surface area contributed by atoms with E-state index in [9.17, 15) is 24.2 Å². The van der Waals surface area contributed by atoms with E-state index in [-0.39, 0.29) is 42.6 Å². The molecule has 1 saturated heterocycles. The van der Waals surface area contributed by atoms with Gasteiger partial charge in [0.2, 0.25) is 5.43 Å². The summed E-state index contributed by atoms with van der Waals surface area (Å²) in [6, 6.07) is 0.866. The number of carboxylic acids is 1. The second-order valence-electron chi connectivity index (χ2n) is 6.24. The minimum absolute atomic E-state index is 0.0150. The summed E-state index contributed by atoms with van der Waals surface area (Å²) in [5.41, 5.74) is -0.534. The van der Waals surface area contributed by atoms with E-state index in [1.807, 2.05) is 6.92 Å². The lowest BCUT2D eigenvalue weighted by Gasteiger charge is -2.40. The molecule has 1 fully saturated rings. The van der Waals surface area contributed by atoms with Crippen LogP contribution in [0.5, 0.6) is 5.75 Å². The molecule has 1 aromatic carbocycles. The van der Waals surface area contributed by atoms with Gasteiger partial charge in [-0.2, -0.15) is 0 Å². The molecular formula is C16H15FN2O5. The van der Waals surface area contributed by atoms with Crippen molar-refractivity contribution in [1.29, 1.82) is 0 Å². The maximum atomic E-state index is 14.6. The molecule has 0 aliphatic carbocycles. The van der Waals surface area contributed by atoms with Crippen LogP contribution in [-0.4, -0.2) is 46.5 Å². The Balaban J connectivity index is 2.08. The third-order valence-corrected chi connectivity index (χ3v) is 4.55. The summed E-state index contributed by atoms with van der Waals surface area (Å²) >= 11 is 0. The van der Waals surface area contributed by atoms with Crippen LogP contribution >= 0.6 is 0 Å². The van der Waals surface area contributed by atoms with Gasteiger partial charge in [-0.25, -0.2) is 9.18 Å². The molecule has 0 spiro atoms. The molecule has 4 rings (SSSR count). The number of β-amino-alcohol motifs (C(OH)–C–C–N with tert-alkyl or cyclic N) is 1. The summed E-state index contributed by atoms with van der Waals surface area (Å²) < 4.78 is 22.0. The number of hydrogen-bond acceptors (Lipinski definition) is 5. The van der Waals surface area contributed by atoms with Gasteiger partial charge in [0, 0.05) is 19.3 Å². The van der Waals surface area contributed by atoms with Crippen LogP contribution in [0.1, 0.15) is 23.3 Å². The minimum Gasteiger partial charge on any atom is -0.487 e. The van der Waals surface area contributed by atoms with Gasteiger partial charge in [0.1, 0.15) is 17.9 Å². The molecule has 2 aliphatic rings. The number of halogens is 1. The zero-order valence-electron chi connectivity index (χ0n) is 12.8. The molecule has 2 aromatic rings. The van der Waals surface area contributed by atoms with Gasteiger partial charge in [-0.15, -0.1) is 0 Å². The van der Waals surface area contributed by atoms with Crippen molar-refractivity contribution < 1.29 is 24.1 Å². The third-order valence-electron chi connectivity index (χ3n) is 4.55. The van der Waals surface area contributed by atoms with E-state index in [4.69, 9.17) is 4.74 Å². The second kappa shape index (κ2) is 4.94. The highest BCUT2D eigenvalue weighted by Gasteiger charge is 2.34. The molecule has 1 atom stereocenters. The number of hydrogen-bond donors (Lipinski definition) is 2. The number of aromatic carboxylic acids is 1. The van der Waals surface area contributed by atoms with Crippen molar-refractivity contribution in [3.05, 3.63) is 33.9 Å². The summed E-state index contributed by atoms with van der Waals surface area (Å²) in [6.07, 6.45) is 0.766. The molecule has 0 bridgehead atoms. The van der Waals surface area contributed by atoms with Crippen LogP contribution < -0.4 is 15.1 Å². The van der Waals surface area contributed by atoms with E-state index in [1.165, 1.54) is 6.20 Å². The van der Waals surface area contributed by atoms with E-state index >= 15 is 0 Å². The first kappa shape index (κ1) is 14.9. The number of anilines is 1. The Kier molecular flexibility index (Phi) is 3.08. The van der Waals surface area contributed by atoms with E-state index in [1.54, 1.807) is 9.47 Å². The van der Waals surface area contributed by atoms with E-state index in [0.29, 0.717) is 5.52 Å². The van der Waals surface area contributed by atoms with Crippen LogP contribution in [-0.2, 0) is 0 Å². The molecule has 2 aliphatic heterocycles. The maximum Gasteiger partial charge on any atom is 0.341 e. The Bertz CT molecular complexity index is 932. The Morgan fingerprint density at radius 2 is 2.12 bits per heavy atom. The number of carbonyl (C=O) groups is 1. The molecule has 1 aromatic heterocycles. The molecule has 2 N–H and O–H groups in total. The van der Waals surface area contributed by atoms with Gasteiger partial charge < -0.3 is 24.4 Å². The monoisotopic (exact) mass is 334 g/mol. The summed E-state index contributed by atoms with van der Waals surface area (Å²) in [7, 11) is 0. The van der Waals surface area contributed by atoms with Crippen LogP contribution in [0.2, 0.25) is 0 Å². The largest absolute Gasteiger partial charge is 0.487 e. The van der Waals surface area contributed by atoms with Crippen LogP contribution in [0.3, 0.4) is 0 Å². The van der Waals surface area contributed by atoms with Crippen molar-refractivity contribution in [3.63, 3.8) is 0 Å². The number of nitrogens with zero attached hydrogens (tertiary/aromatic N) is 2. The highest BCUT2D eigenvalue weighted by molar-refractivity contribution is 5.97. The lowest BCUT2D eigenvalue weighted by atomic mass is 10.0. The Hall–Kier alpha value is -2.61. The summed E-state index contributed by atoms with van der Waals surface area (Å²) in [5.74, 6) is -1.78. The maximum absolute atomic E-state index is 14.6. The fourth-order valence-electron chi connectivity index (χ4n) is 3.30. The first-order chi connectivity index (χ1) is 11.4. The predicted octanol–water partition coefficient (Wildman–Crippen LogP) is 0.973. The zero-order chi connectivity index (χ0) is 17.2. The number of aliphatic hydroxyl groups is 1. The molecule has 0 unspecified atom stereocenters. The fraction of sp³-hybridized carbons (Fsp3) is 0.375. The Morgan fingerprint density at radius 1 is 1.42 bits per heavy atom.